The SMILES string of the molecule is COC(=O)N[C@H](C(=O)N1CCC[C@H]1c1ncc(-c2cc(F)c3c(c2)OC(c2ccc4c(c2)CCCC4)n2c-3cc3cc(-c4cnc([C@@H]5CCCN5C(=O)[C@@H](NC(=O)OC)C(C)C)[nH]4)ccc32)[nH]1)C(C)C. The van der Waals surface area contributed by atoms with Gasteiger partial charge in [-0.2, -0.15) is 0 Å². The molecule has 0 bridgehead atoms. The minimum atomic E-state index is -0.771. The number of H-pyrrole nitrogens is 2. The van der Waals surface area contributed by atoms with Crippen molar-refractivity contribution in [1.29, 1.82) is 0 Å². The Balaban J connectivity index is 0.981. The van der Waals surface area contributed by atoms with E-state index < -0.39 is 36.3 Å². The summed E-state index contributed by atoms with van der Waals surface area (Å²) < 4.78 is 35.7. The summed E-state index contributed by atoms with van der Waals surface area (Å²) in [7, 11) is 2.55. The molecule has 0 radical (unpaired) electrons. The summed E-state index contributed by atoms with van der Waals surface area (Å²) in [4.78, 5) is 71.9. The van der Waals surface area contributed by atoms with E-state index in [1.165, 1.54) is 31.4 Å². The maximum atomic E-state index is 17.0. The number of nitrogens with zero attached hydrogens (tertiary/aromatic N) is 5. The minimum absolute atomic E-state index is 0.152. The number of ether oxygens (including phenoxy) is 3. The quantitative estimate of drug-likeness (QED) is 0.0982. The highest BCUT2D eigenvalue weighted by atomic mass is 19.1. The lowest BCUT2D eigenvalue weighted by molar-refractivity contribution is -0.136. The molecular formula is C53H60FN9O7. The predicted molar refractivity (Wildman–Crippen MR) is 260 cm³/mol. The summed E-state index contributed by atoms with van der Waals surface area (Å²) >= 11 is 0. The Morgan fingerprint density at radius 2 is 1.30 bits per heavy atom. The van der Waals surface area contributed by atoms with Crippen LogP contribution in [0.15, 0.2) is 67.0 Å². The van der Waals surface area contributed by atoms with Gasteiger partial charge in [0.15, 0.2) is 0 Å². The van der Waals surface area contributed by atoms with E-state index >= 15 is 4.39 Å². The zero-order chi connectivity index (χ0) is 49.0. The molecule has 3 aromatic heterocycles. The molecule has 0 saturated carbocycles. The smallest absolute Gasteiger partial charge is 0.407 e. The van der Waals surface area contributed by atoms with Crippen LogP contribution in [0.5, 0.6) is 5.75 Å². The Kier molecular flexibility index (Phi) is 12.6. The number of likely N-dealkylation sites (tertiary alicyclic amines) is 2. The van der Waals surface area contributed by atoms with Gasteiger partial charge in [0, 0.05) is 35.2 Å². The van der Waals surface area contributed by atoms with Crippen LogP contribution < -0.4 is 15.4 Å². The molecule has 3 aromatic carbocycles. The number of aromatic nitrogens is 5. The lowest BCUT2D eigenvalue weighted by Crippen LogP contribution is -2.51. The van der Waals surface area contributed by atoms with E-state index in [0.29, 0.717) is 59.4 Å². The van der Waals surface area contributed by atoms with Gasteiger partial charge < -0.3 is 49.2 Å². The molecule has 17 heteroatoms. The number of amides is 4. The first-order valence-corrected chi connectivity index (χ1v) is 24.5. The Hall–Kier alpha value is -7.17. The van der Waals surface area contributed by atoms with E-state index in [2.05, 4.69) is 49.4 Å². The van der Waals surface area contributed by atoms with Gasteiger partial charge in [0.05, 0.1) is 66.9 Å². The molecule has 0 spiro atoms. The molecule has 70 heavy (non-hydrogen) atoms. The Bertz CT molecular complexity index is 2990. The topological polar surface area (TPSA) is 189 Å². The number of alkyl carbamates (subject to hydrolysis) is 2. The molecule has 6 heterocycles. The number of carbonyl (C=O) groups is 4. The first-order valence-electron chi connectivity index (χ1n) is 24.5. The highest BCUT2D eigenvalue weighted by Crippen LogP contribution is 2.48. The van der Waals surface area contributed by atoms with Crippen molar-refractivity contribution in [3.63, 3.8) is 0 Å². The maximum absolute atomic E-state index is 17.0. The number of aromatic amines is 2. The van der Waals surface area contributed by atoms with Crippen molar-refractivity contribution in [2.45, 2.75) is 109 Å². The van der Waals surface area contributed by atoms with Gasteiger partial charge in [0.25, 0.3) is 0 Å². The van der Waals surface area contributed by atoms with Crippen molar-refractivity contribution in [2.75, 3.05) is 27.3 Å². The fourth-order valence-corrected chi connectivity index (χ4v) is 10.9. The van der Waals surface area contributed by atoms with Crippen molar-refractivity contribution < 1.29 is 37.8 Å². The van der Waals surface area contributed by atoms with Gasteiger partial charge in [-0.15, -0.1) is 0 Å². The first-order chi connectivity index (χ1) is 33.8. The van der Waals surface area contributed by atoms with Gasteiger partial charge >= 0.3 is 12.2 Å². The Morgan fingerprint density at radius 3 is 1.89 bits per heavy atom. The van der Waals surface area contributed by atoms with Crippen LogP contribution in [0.2, 0.25) is 0 Å². The van der Waals surface area contributed by atoms with Crippen LogP contribution >= 0.6 is 0 Å². The average Bonchev–Trinajstić information content (AvgIpc) is 4.23. The number of hydrogen-bond acceptors (Lipinski definition) is 9. The minimum Gasteiger partial charge on any atom is -0.465 e. The summed E-state index contributed by atoms with van der Waals surface area (Å²) in [5.41, 5.74) is 8.28. The number of benzene rings is 3. The molecule has 1 aliphatic carbocycles. The standard InChI is InChI=1S/C53H60FN9O7/c1-28(2)45(59-52(66)68-5)49(64)61-19-9-13-40(61)47-55-26-37(57-47)32-17-18-39-35(22-32)24-42-44-36(54)23-34(25-43(44)70-51(63(39)42)33-16-15-30-11-7-8-12-31(30)21-33)38-27-56-48(58-38)41-14-10-20-62(41)50(65)46(29(3)4)60-53(67)69-6/h15-18,21-29,40-41,45-46,51H,7-14,19-20H2,1-6H3,(H,55,57)(H,56,58)(H,59,66)(H,60,67)/t40-,41-,45-,46-,51?/m0/s1. The molecule has 2 saturated heterocycles. The van der Waals surface area contributed by atoms with Crippen molar-refractivity contribution in [2.24, 2.45) is 11.8 Å². The van der Waals surface area contributed by atoms with Crippen molar-refractivity contribution in [3.05, 3.63) is 101 Å². The second-order valence-electron chi connectivity index (χ2n) is 19.7. The first kappa shape index (κ1) is 46.6. The summed E-state index contributed by atoms with van der Waals surface area (Å²) in [6, 6.07) is 15.9. The van der Waals surface area contributed by atoms with E-state index in [-0.39, 0.29) is 35.7 Å². The van der Waals surface area contributed by atoms with E-state index in [4.69, 9.17) is 24.2 Å². The molecule has 1 unspecified atom stereocenters. The molecule has 4 amide bonds. The third-order valence-corrected chi connectivity index (χ3v) is 14.6. The van der Waals surface area contributed by atoms with Crippen LogP contribution in [-0.2, 0) is 31.9 Å². The van der Waals surface area contributed by atoms with Crippen molar-refractivity contribution in [1.82, 2.24) is 44.9 Å². The van der Waals surface area contributed by atoms with Crippen LogP contribution in [0.1, 0.15) is 113 Å². The second-order valence-corrected chi connectivity index (χ2v) is 19.7. The number of rotatable bonds is 11. The molecule has 2 fully saturated rings. The van der Waals surface area contributed by atoms with Crippen molar-refractivity contribution >= 4 is 34.9 Å². The molecule has 6 aromatic rings. The molecule has 4 N–H and O–H groups in total. The van der Waals surface area contributed by atoms with Gasteiger partial charge in [0.2, 0.25) is 18.0 Å². The molecule has 10 rings (SSSR count). The average molecular weight is 954 g/mol. The van der Waals surface area contributed by atoms with E-state index in [1.807, 2.05) is 52.0 Å². The van der Waals surface area contributed by atoms with Gasteiger partial charge in [-0.25, -0.2) is 23.9 Å². The number of carbonyl (C=O) groups excluding carboxylic acids is 4. The van der Waals surface area contributed by atoms with Gasteiger partial charge in [0.1, 0.15) is 35.3 Å². The second kappa shape index (κ2) is 19.0. The Morgan fingerprint density at radius 1 is 0.714 bits per heavy atom. The number of nitrogens with one attached hydrogen (secondary N) is 4. The molecular weight excluding hydrogens is 894 g/mol. The predicted octanol–water partition coefficient (Wildman–Crippen LogP) is 9.13. The normalized spacial score (nSPS) is 19.4. The van der Waals surface area contributed by atoms with Gasteiger partial charge in [-0.1, -0.05) is 45.9 Å². The summed E-state index contributed by atoms with van der Waals surface area (Å²) in [6.07, 6.45) is 8.79. The number of imidazole rings is 2. The highest BCUT2D eigenvalue weighted by Gasteiger charge is 2.40. The van der Waals surface area contributed by atoms with E-state index in [1.54, 1.807) is 22.2 Å². The van der Waals surface area contributed by atoms with Gasteiger partial charge in [-0.3, -0.25) is 9.59 Å². The van der Waals surface area contributed by atoms with Crippen LogP contribution in [0, 0.1) is 17.7 Å². The Labute approximate surface area is 405 Å². The summed E-state index contributed by atoms with van der Waals surface area (Å²) in [5.74, 6) is 0.459. The monoisotopic (exact) mass is 953 g/mol. The van der Waals surface area contributed by atoms with Crippen LogP contribution in [0.4, 0.5) is 14.0 Å². The fourth-order valence-electron chi connectivity index (χ4n) is 10.9. The number of hydrogen-bond donors (Lipinski definition) is 4. The maximum Gasteiger partial charge on any atom is 0.407 e. The zero-order valence-corrected chi connectivity index (χ0v) is 40.4. The third-order valence-electron chi connectivity index (χ3n) is 14.6. The fraction of sp³-hybridized carbons (Fsp3) is 0.434. The summed E-state index contributed by atoms with van der Waals surface area (Å²) in [6.45, 7) is 8.59. The summed E-state index contributed by atoms with van der Waals surface area (Å²) in [5, 5.41) is 6.29. The highest BCUT2D eigenvalue weighted by molar-refractivity contribution is 5.93. The number of methoxy groups -OCH3 is 2. The number of halogens is 1. The zero-order valence-electron chi connectivity index (χ0n) is 40.4. The molecule has 16 nitrogen and oxygen atoms in total. The van der Waals surface area contributed by atoms with Crippen molar-refractivity contribution in [3.8, 4) is 39.5 Å². The van der Waals surface area contributed by atoms with E-state index in [0.717, 1.165) is 72.7 Å². The lowest BCUT2D eigenvalue weighted by atomic mass is 9.90. The number of aryl methyl sites for hydroxylation is 2. The number of fused-ring (bicyclic) bond motifs is 6. The molecule has 5 atom stereocenters. The van der Waals surface area contributed by atoms with Gasteiger partial charge in [-0.05, 0) is 111 Å². The largest absolute Gasteiger partial charge is 0.465 e. The van der Waals surface area contributed by atoms with Crippen LogP contribution in [0.3, 0.4) is 0 Å². The molecule has 3 aliphatic heterocycles. The molecule has 366 valence electrons. The lowest BCUT2D eigenvalue weighted by Gasteiger charge is -2.31. The van der Waals surface area contributed by atoms with Crippen LogP contribution in [-0.4, -0.2) is 97.7 Å². The van der Waals surface area contributed by atoms with Crippen LogP contribution in [0.25, 0.3) is 44.7 Å². The third kappa shape index (κ3) is 8.52. The molecule has 4 aliphatic rings. The van der Waals surface area contributed by atoms with E-state index in [9.17, 15) is 19.2 Å².